The number of benzene rings is 2. The van der Waals surface area contributed by atoms with Crippen LogP contribution in [0.4, 0.5) is 14.6 Å². The van der Waals surface area contributed by atoms with Crippen LogP contribution < -0.4 is 9.64 Å². The van der Waals surface area contributed by atoms with Gasteiger partial charge in [0.15, 0.2) is 5.83 Å². The van der Waals surface area contributed by atoms with Crippen LogP contribution in [0.1, 0.15) is 24.8 Å². The highest BCUT2D eigenvalue weighted by Crippen LogP contribution is 2.40. The summed E-state index contributed by atoms with van der Waals surface area (Å²) in [6.45, 7) is 13.1. The van der Waals surface area contributed by atoms with Gasteiger partial charge in [-0.2, -0.15) is 9.97 Å². The van der Waals surface area contributed by atoms with Crippen LogP contribution in [0.25, 0.3) is 26.9 Å². The molecule has 2 atom stereocenters. The van der Waals surface area contributed by atoms with Crippen molar-refractivity contribution >= 4 is 34.4 Å². The molecule has 2 fully saturated rings. The van der Waals surface area contributed by atoms with Crippen LogP contribution in [0.5, 0.6) is 6.01 Å². The number of ether oxygens (including phenoxy) is 1. The van der Waals surface area contributed by atoms with E-state index in [4.69, 9.17) is 21.3 Å². The van der Waals surface area contributed by atoms with Gasteiger partial charge in [0.05, 0.1) is 5.52 Å². The Kier molecular flexibility index (Phi) is 8.50. The van der Waals surface area contributed by atoms with Crippen LogP contribution in [-0.4, -0.2) is 89.9 Å². The number of rotatable bonds is 7. The number of likely N-dealkylation sites (N-methyl/N-ethyl adjacent to an activating group) is 1. The molecule has 0 aliphatic carbocycles. The normalized spacial score (nSPS) is 20.6. The summed E-state index contributed by atoms with van der Waals surface area (Å²) in [5.74, 6) is -0.437. The van der Waals surface area contributed by atoms with Crippen LogP contribution in [0.15, 0.2) is 47.6 Å². The molecule has 3 aliphatic heterocycles. The standard InChI is InChI=1S/C32H34F2N6O2S/c1-20(33)31(41)40-14-13-39(18-23(40)17-35-2)30-26-9-8-21(24-10-11-27(34)29-25(24)7-5-15-43-29)16-28(26)36-32(37-30)42-19-22-6-4-12-38(22)3/h8-11,16,22-23H,1,4-7,12-15,17-19H2,3H3/t22-,23-/m0/s1. The number of aromatic nitrogens is 2. The molecule has 6 rings (SSSR count). The molecule has 1 aromatic heterocycles. The number of nitrogens with zero attached hydrogens (tertiary/aromatic N) is 6. The quantitative estimate of drug-likeness (QED) is 0.266. The number of anilines is 1. The van der Waals surface area contributed by atoms with E-state index in [1.807, 2.05) is 29.2 Å². The van der Waals surface area contributed by atoms with Gasteiger partial charge in [-0.25, -0.2) is 15.4 Å². The van der Waals surface area contributed by atoms with Gasteiger partial charge in [-0.05, 0) is 79.9 Å². The maximum Gasteiger partial charge on any atom is 0.319 e. The van der Waals surface area contributed by atoms with Crippen LogP contribution in [0.2, 0.25) is 0 Å². The molecule has 0 spiro atoms. The average molecular weight is 605 g/mol. The number of carbonyl (C=O) groups is 1. The molecule has 0 saturated carbocycles. The number of halogens is 2. The summed E-state index contributed by atoms with van der Waals surface area (Å²) in [7, 11) is 2.09. The summed E-state index contributed by atoms with van der Waals surface area (Å²) in [6.07, 6.45) is 3.98. The highest BCUT2D eigenvalue weighted by Gasteiger charge is 2.35. The van der Waals surface area contributed by atoms with Gasteiger partial charge in [-0.1, -0.05) is 18.7 Å². The third-order valence-corrected chi connectivity index (χ3v) is 9.87. The van der Waals surface area contributed by atoms with Crippen molar-refractivity contribution in [3.63, 3.8) is 0 Å². The largest absolute Gasteiger partial charge is 0.462 e. The smallest absolute Gasteiger partial charge is 0.319 e. The number of carbonyl (C=O) groups excluding carboxylic acids is 1. The molecule has 0 radical (unpaired) electrons. The number of likely N-dealkylation sites (tertiary alicyclic amines) is 1. The van der Waals surface area contributed by atoms with Crippen LogP contribution in [0.3, 0.4) is 0 Å². The van der Waals surface area contributed by atoms with E-state index in [2.05, 4.69) is 23.4 Å². The van der Waals surface area contributed by atoms with Crippen molar-refractivity contribution in [2.75, 3.05) is 57.0 Å². The minimum atomic E-state index is -1.03. The van der Waals surface area contributed by atoms with Crippen molar-refractivity contribution in [3.05, 3.63) is 65.5 Å². The second-order valence-corrected chi connectivity index (χ2v) is 12.5. The van der Waals surface area contributed by atoms with E-state index in [1.165, 1.54) is 4.90 Å². The summed E-state index contributed by atoms with van der Waals surface area (Å²) in [4.78, 5) is 32.1. The van der Waals surface area contributed by atoms with E-state index >= 15 is 0 Å². The molecule has 2 saturated heterocycles. The van der Waals surface area contributed by atoms with Gasteiger partial charge in [0.1, 0.15) is 24.3 Å². The van der Waals surface area contributed by atoms with Crippen molar-refractivity contribution in [2.45, 2.75) is 42.7 Å². The Morgan fingerprint density at radius 3 is 2.81 bits per heavy atom. The lowest BCUT2D eigenvalue weighted by molar-refractivity contribution is -0.131. The third kappa shape index (κ3) is 5.91. The van der Waals surface area contributed by atoms with Crippen molar-refractivity contribution in [1.29, 1.82) is 0 Å². The molecule has 8 nitrogen and oxygen atoms in total. The number of piperazine rings is 1. The van der Waals surface area contributed by atoms with Gasteiger partial charge < -0.3 is 24.3 Å². The Morgan fingerprint density at radius 2 is 2.05 bits per heavy atom. The summed E-state index contributed by atoms with van der Waals surface area (Å²) in [5.41, 5.74) is 3.66. The average Bonchev–Trinajstić information content (AvgIpc) is 3.43. The van der Waals surface area contributed by atoms with Gasteiger partial charge in [0.25, 0.3) is 5.91 Å². The number of fused-ring (bicyclic) bond motifs is 2. The topological polar surface area (TPSA) is 66.2 Å². The lowest BCUT2D eigenvalue weighted by atomic mass is 9.95. The van der Waals surface area contributed by atoms with E-state index < -0.39 is 17.8 Å². The highest BCUT2D eigenvalue weighted by molar-refractivity contribution is 7.99. The first kappa shape index (κ1) is 29.3. The van der Waals surface area contributed by atoms with Crippen LogP contribution >= 0.6 is 11.8 Å². The lowest BCUT2D eigenvalue weighted by Crippen LogP contribution is -2.56. The van der Waals surface area contributed by atoms with Crippen LogP contribution in [-0.2, 0) is 11.2 Å². The number of amides is 1. The Balaban J connectivity index is 1.39. The summed E-state index contributed by atoms with van der Waals surface area (Å²) in [5, 5.41) is 0.802. The zero-order valence-corrected chi connectivity index (χ0v) is 25.0. The van der Waals surface area contributed by atoms with E-state index in [0.717, 1.165) is 65.0 Å². The molecule has 0 bridgehead atoms. The first-order valence-corrected chi connectivity index (χ1v) is 15.7. The zero-order chi connectivity index (χ0) is 30.1. The molecular weight excluding hydrogens is 570 g/mol. The molecule has 1 amide bonds. The Bertz CT molecular complexity index is 1610. The maximum atomic E-state index is 14.6. The predicted molar refractivity (Wildman–Crippen MR) is 165 cm³/mol. The summed E-state index contributed by atoms with van der Waals surface area (Å²) in [6, 6.07) is 9.41. The van der Waals surface area contributed by atoms with Gasteiger partial charge in [0.2, 0.25) is 6.54 Å². The van der Waals surface area contributed by atoms with Crippen molar-refractivity contribution < 1.29 is 18.3 Å². The van der Waals surface area contributed by atoms with Crippen LogP contribution in [0, 0.1) is 12.4 Å². The van der Waals surface area contributed by atoms with Crippen molar-refractivity contribution in [2.24, 2.45) is 0 Å². The van der Waals surface area contributed by atoms with Gasteiger partial charge in [-0.15, -0.1) is 11.8 Å². The fourth-order valence-electron chi connectivity index (χ4n) is 6.36. The third-order valence-electron chi connectivity index (χ3n) is 8.65. The van der Waals surface area contributed by atoms with Crippen molar-refractivity contribution in [3.8, 4) is 17.1 Å². The molecule has 4 heterocycles. The monoisotopic (exact) mass is 604 g/mol. The predicted octanol–water partition coefficient (Wildman–Crippen LogP) is 5.37. The first-order valence-electron chi connectivity index (χ1n) is 14.7. The minimum absolute atomic E-state index is 0.0355. The first-order chi connectivity index (χ1) is 20.8. The number of thioether (sulfide) groups is 1. The second-order valence-electron chi connectivity index (χ2n) is 11.3. The molecule has 224 valence electrons. The fourth-order valence-corrected chi connectivity index (χ4v) is 7.44. The van der Waals surface area contributed by atoms with Gasteiger partial charge >= 0.3 is 6.01 Å². The van der Waals surface area contributed by atoms with Gasteiger partial charge in [0, 0.05) is 36.0 Å². The molecule has 0 unspecified atom stereocenters. The minimum Gasteiger partial charge on any atom is -0.462 e. The van der Waals surface area contributed by atoms with E-state index in [0.29, 0.717) is 31.0 Å². The SMILES string of the molecule is [C-]#[N+]C[C@H]1CN(c2nc(OC[C@@H]3CCCN3C)nc3cc(-c4ccc(F)c5c4CCCS5)ccc23)CCN1C(=O)C(=C)F. The number of hydrogen-bond donors (Lipinski definition) is 0. The Labute approximate surface area is 254 Å². The fraction of sp³-hybridized carbons (Fsp3) is 0.438. The maximum absolute atomic E-state index is 14.6. The van der Waals surface area contributed by atoms with Gasteiger partial charge in [-0.3, -0.25) is 4.79 Å². The molecule has 11 heteroatoms. The Morgan fingerprint density at radius 1 is 1.19 bits per heavy atom. The zero-order valence-electron chi connectivity index (χ0n) is 24.2. The van der Waals surface area contributed by atoms with E-state index in [-0.39, 0.29) is 31.0 Å². The summed E-state index contributed by atoms with van der Waals surface area (Å²) >= 11 is 1.57. The Hall–Kier alpha value is -3.75. The molecular formula is C32H34F2N6O2S. The highest BCUT2D eigenvalue weighted by atomic mass is 32.2. The van der Waals surface area contributed by atoms with E-state index in [1.54, 1.807) is 17.8 Å². The molecule has 3 aliphatic rings. The lowest BCUT2D eigenvalue weighted by Gasteiger charge is -2.39. The summed E-state index contributed by atoms with van der Waals surface area (Å²) < 4.78 is 34.6. The molecule has 2 aromatic carbocycles. The van der Waals surface area contributed by atoms with E-state index in [9.17, 15) is 13.6 Å². The molecule has 43 heavy (non-hydrogen) atoms. The number of hydrogen-bond acceptors (Lipinski definition) is 7. The molecule has 0 N–H and O–H groups in total. The second kappa shape index (κ2) is 12.5. The van der Waals surface area contributed by atoms with Crippen molar-refractivity contribution in [1.82, 2.24) is 19.8 Å². The molecule has 3 aromatic rings.